The third-order valence-electron chi connectivity index (χ3n) is 3.57. The van der Waals surface area contributed by atoms with Gasteiger partial charge in [-0.3, -0.25) is 4.98 Å². The van der Waals surface area contributed by atoms with Gasteiger partial charge in [-0.25, -0.2) is 4.79 Å². The highest BCUT2D eigenvalue weighted by atomic mass is 16.5. The van der Waals surface area contributed by atoms with Crippen LogP contribution in [0.2, 0.25) is 0 Å². The van der Waals surface area contributed by atoms with E-state index in [1.807, 2.05) is 18.2 Å². The van der Waals surface area contributed by atoms with Gasteiger partial charge >= 0.3 is 5.97 Å². The van der Waals surface area contributed by atoms with Crippen LogP contribution in [0.15, 0.2) is 60.9 Å². The van der Waals surface area contributed by atoms with Crippen molar-refractivity contribution in [2.75, 3.05) is 0 Å². The first-order valence-corrected chi connectivity index (χ1v) is 6.98. The zero-order valence-electron chi connectivity index (χ0n) is 12.1. The first kappa shape index (κ1) is 14.1. The summed E-state index contributed by atoms with van der Waals surface area (Å²) in [6.45, 7) is 1.79. The van der Waals surface area contributed by atoms with Gasteiger partial charge in [-0.05, 0) is 41.5 Å². The summed E-state index contributed by atoms with van der Waals surface area (Å²) in [6.07, 6.45) is 2.87. The van der Waals surface area contributed by atoms with Gasteiger partial charge in [0.05, 0.1) is 0 Å². The second kappa shape index (κ2) is 5.85. The average Bonchev–Trinajstić information content (AvgIpc) is 2.55. The summed E-state index contributed by atoms with van der Waals surface area (Å²) in [5.74, 6) is -0.621. The molecule has 4 heteroatoms. The number of carbonyl (C=O) groups excluding carboxylic acids is 1. The maximum Gasteiger partial charge on any atom is 0.343 e. The van der Waals surface area contributed by atoms with E-state index in [2.05, 4.69) is 4.98 Å². The number of aromatic nitrogens is 1. The summed E-state index contributed by atoms with van der Waals surface area (Å²) in [5, 5.41) is 11.6. The first-order valence-electron chi connectivity index (χ1n) is 6.98. The van der Waals surface area contributed by atoms with Crippen LogP contribution < -0.4 is 0 Å². The second-order valence-electron chi connectivity index (χ2n) is 5.01. The molecule has 3 aromatic rings. The zero-order valence-corrected chi connectivity index (χ0v) is 12.1. The van der Waals surface area contributed by atoms with Crippen molar-refractivity contribution in [1.29, 1.82) is 0 Å². The Morgan fingerprint density at radius 3 is 2.59 bits per heavy atom. The molecule has 0 spiro atoms. The minimum atomic E-state index is -0.543. The van der Waals surface area contributed by atoms with Crippen LogP contribution in [-0.2, 0) is 4.74 Å². The van der Waals surface area contributed by atoms with Gasteiger partial charge in [-0.2, -0.15) is 0 Å². The molecule has 22 heavy (non-hydrogen) atoms. The van der Waals surface area contributed by atoms with Gasteiger partial charge in [0, 0.05) is 12.4 Å². The number of fused-ring (bicyclic) bond motifs is 1. The van der Waals surface area contributed by atoms with Gasteiger partial charge in [-0.15, -0.1) is 0 Å². The summed E-state index contributed by atoms with van der Waals surface area (Å²) in [5.41, 5.74) is 1.04. The molecule has 110 valence electrons. The Hall–Kier alpha value is -2.88. The first-order chi connectivity index (χ1) is 10.7. The highest BCUT2D eigenvalue weighted by Gasteiger charge is 2.19. The summed E-state index contributed by atoms with van der Waals surface area (Å²) < 4.78 is 5.48. The standard InChI is InChI=1S/C18H15NO3/c1-12(13-8-10-19-11-9-13)22-18(21)17-15-5-3-2-4-14(15)6-7-16(17)20/h2-12,20H,1H3/t12-/m0/s1. The predicted octanol–water partition coefficient (Wildman–Crippen LogP) is 3.86. The molecule has 0 saturated carbocycles. The number of benzene rings is 2. The van der Waals surface area contributed by atoms with E-state index >= 15 is 0 Å². The molecule has 0 bridgehead atoms. The second-order valence-corrected chi connectivity index (χ2v) is 5.01. The lowest BCUT2D eigenvalue weighted by atomic mass is 10.0. The smallest absolute Gasteiger partial charge is 0.343 e. The quantitative estimate of drug-likeness (QED) is 0.745. The Kier molecular flexibility index (Phi) is 3.74. The molecule has 0 amide bonds. The molecule has 0 radical (unpaired) electrons. The molecule has 1 N–H and O–H groups in total. The number of phenolic OH excluding ortho intramolecular Hbond substituents is 1. The van der Waals surface area contributed by atoms with Gasteiger partial charge in [0.1, 0.15) is 17.4 Å². The Morgan fingerprint density at radius 1 is 1.09 bits per heavy atom. The monoisotopic (exact) mass is 293 g/mol. The fraction of sp³-hybridized carbons (Fsp3) is 0.111. The zero-order chi connectivity index (χ0) is 15.5. The van der Waals surface area contributed by atoms with Crippen LogP contribution in [0.5, 0.6) is 5.75 Å². The van der Waals surface area contributed by atoms with Gasteiger partial charge in [0.25, 0.3) is 0 Å². The maximum atomic E-state index is 12.5. The van der Waals surface area contributed by atoms with E-state index in [4.69, 9.17) is 4.74 Å². The third kappa shape index (κ3) is 2.63. The van der Waals surface area contributed by atoms with E-state index in [1.54, 1.807) is 43.6 Å². The summed E-state index contributed by atoms with van der Waals surface area (Å²) in [6, 6.07) is 14.3. The van der Waals surface area contributed by atoms with Crippen molar-refractivity contribution in [2.24, 2.45) is 0 Å². The number of nitrogens with zero attached hydrogens (tertiary/aromatic N) is 1. The molecule has 0 fully saturated rings. The molecule has 1 aromatic heterocycles. The van der Waals surface area contributed by atoms with Gasteiger partial charge in [-0.1, -0.05) is 30.3 Å². The van der Waals surface area contributed by atoms with Crippen LogP contribution in [0.25, 0.3) is 10.8 Å². The van der Waals surface area contributed by atoms with Crippen molar-refractivity contribution in [2.45, 2.75) is 13.0 Å². The van der Waals surface area contributed by atoms with E-state index in [0.717, 1.165) is 10.9 Å². The lowest BCUT2D eigenvalue weighted by molar-refractivity contribution is 0.0337. The molecule has 1 heterocycles. The molecule has 2 aromatic carbocycles. The highest BCUT2D eigenvalue weighted by molar-refractivity contribution is 6.07. The molecule has 0 aliphatic carbocycles. The number of aromatic hydroxyl groups is 1. The fourth-order valence-electron chi connectivity index (χ4n) is 2.40. The summed E-state index contributed by atoms with van der Waals surface area (Å²) in [7, 11) is 0. The van der Waals surface area contributed by atoms with Crippen molar-refractivity contribution in [1.82, 2.24) is 4.98 Å². The predicted molar refractivity (Wildman–Crippen MR) is 83.7 cm³/mol. The number of carbonyl (C=O) groups is 1. The molecule has 0 aliphatic heterocycles. The number of phenols is 1. The number of hydrogen-bond donors (Lipinski definition) is 1. The highest BCUT2D eigenvalue weighted by Crippen LogP contribution is 2.29. The Balaban J connectivity index is 1.94. The maximum absolute atomic E-state index is 12.5. The third-order valence-corrected chi connectivity index (χ3v) is 3.57. The lowest BCUT2D eigenvalue weighted by Gasteiger charge is -2.15. The van der Waals surface area contributed by atoms with E-state index in [9.17, 15) is 9.90 Å². The molecule has 3 rings (SSSR count). The minimum absolute atomic E-state index is 0.0781. The van der Waals surface area contributed by atoms with Gasteiger partial charge < -0.3 is 9.84 Å². The van der Waals surface area contributed by atoms with Crippen LogP contribution in [0.1, 0.15) is 28.9 Å². The van der Waals surface area contributed by atoms with E-state index in [1.165, 1.54) is 6.07 Å². The Labute approximate surface area is 128 Å². The van der Waals surface area contributed by atoms with Crippen LogP contribution in [0.4, 0.5) is 0 Å². The lowest BCUT2D eigenvalue weighted by Crippen LogP contribution is -2.10. The van der Waals surface area contributed by atoms with Gasteiger partial charge in [0.15, 0.2) is 0 Å². The Bertz CT molecular complexity index is 815. The minimum Gasteiger partial charge on any atom is -0.507 e. The van der Waals surface area contributed by atoms with E-state index < -0.39 is 12.1 Å². The van der Waals surface area contributed by atoms with Gasteiger partial charge in [0.2, 0.25) is 0 Å². The molecule has 0 saturated heterocycles. The average molecular weight is 293 g/mol. The topological polar surface area (TPSA) is 59.4 Å². The molecule has 0 aliphatic rings. The van der Waals surface area contributed by atoms with Crippen molar-refractivity contribution in [3.05, 3.63) is 72.1 Å². The Morgan fingerprint density at radius 2 is 1.82 bits per heavy atom. The molecule has 4 nitrogen and oxygen atoms in total. The SMILES string of the molecule is C[C@H](OC(=O)c1c(O)ccc2ccccc12)c1ccncc1. The van der Waals surface area contributed by atoms with Crippen LogP contribution in [0.3, 0.4) is 0 Å². The van der Waals surface area contributed by atoms with E-state index in [0.29, 0.717) is 5.39 Å². The number of rotatable bonds is 3. The number of hydrogen-bond acceptors (Lipinski definition) is 4. The molecular formula is C18H15NO3. The summed E-state index contributed by atoms with van der Waals surface area (Å²) in [4.78, 5) is 16.4. The molecule has 1 atom stereocenters. The van der Waals surface area contributed by atoms with Crippen LogP contribution >= 0.6 is 0 Å². The van der Waals surface area contributed by atoms with Crippen molar-refractivity contribution in [3.8, 4) is 5.75 Å². The van der Waals surface area contributed by atoms with Crippen LogP contribution in [0, 0.1) is 0 Å². The number of esters is 1. The number of pyridine rings is 1. The molecular weight excluding hydrogens is 278 g/mol. The largest absolute Gasteiger partial charge is 0.507 e. The van der Waals surface area contributed by atoms with Crippen molar-refractivity contribution in [3.63, 3.8) is 0 Å². The van der Waals surface area contributed by atoms with Crippen LogP contribution in [-0.4, -0.2) is 16.1 Å². The van der Waals surface area contributed by atoms with E-state index in [-0.39, 0.29) is 11.3 Å². The summed E-state index contributed by atoms with van der Waals surface area (Å²) >= 11 is 0. The molecule has 0 unspecified atom stereocenters. The number of ether oxygens (including phenoxy) is 1. The fourth-order valence-corrected chi connectivity index (χ4v) is 2.40. The van der Waals surface area contributed by atoms with Crippen molar-refractivity contribution < 1.29 is 14.6 Å². The van der Waals surface area contributed by atoms with Crippen molar-refractivity contribution >= 4 is 16.7 Å². The normalized spacial score (nSPS) is 12.0.